The maximum atomic E-state index is 11.2. The van der Waals surface area contributed by atoms with Gasteiger partial charge in [0, 0.05) is 22.0 Å². The number of halogens is 1. The molecule has 0 spiro atoms. The Labute approximate surface area is 129 Å². The molecule has 2 aromatic carbocycles. The average molecular weight is 298 g/mol. The first kappa shape index (κ1) is 13.9. The Morgan fingerprint density at radius 1 is 0.905 bits per heavy atom. The van der Waals surface area contributed by atoms with Crippen LogP contribution in [0.3, 0.4) is 0 Å². The van der Waals surface area contributed by atoms with Gasteiger partial charge in [-0.05, 0) is 42.3 Å². The molecule has 0 saturated carbocycles. The molecular formula is C18H16ClNO. The van der Waals surface area contributed by atoms with Crippen LogP contribution in [0.5, 0.6) is 0 Å². The number of nitrogens with zero attached hydrogens (tertiary/aromatic N) is 1. The molecule has 3 rings (SSSR count). The molecule has 1 heterocycles. The highest BCUT2D eigenvalue weighted by Crippen LogP contribution is 2.27. The van der Waals surface area contributed by atoms with Gasteiger partial charge < -0.3 is 5.21 Å². The van der Waals surface area contributed by atoms with Gasteiger partial charge in [0.15, 0.2) is 12.4 Å². The zero-order chi connectivity index (χ0) is 14.7. The lowest BCUT2D eigenvalue weighted by Gasteiger charge is -2.08. The molecule has 0 aliphatic carbocycles. The molecule has 21 heavy (non-hydrogen) atoms. The van der Waals surface area contributed by atoms with E-state index in [2.05, 4.69) is 18.2 Å². The fraction of sp³-hybridized carbons (Fsp3) is 0.167. The van der Waals surface area contributed by atoms with E-state index in [1.54, 1.807) is 12.3 Å². The Morgan fingerprint density at radius 3 is 2.52 bits per heavy atom. The first-order chi connectivity index (χ1) is 10.2. The third-order valence-corrected chi connectivity index (χ3v) is 4.04. The molecule has 2 nitrogen and oxygen atoms in total. The molecule has 0 aliphatic rings. The Kier molecular flexibility index (Phi) is 4.07. The van der Waals surface area contributed by atoms with Crippen LogP contribution in [0.15, 0.2) is 60.9 Å². The molecule has 1 aromatic heterocycles. The normalized spacial score (nSPS) is 10.9. The topological polar surface area (TPSA) is 26.9 Å². The third kappa shape index (κ3) is 3.17. The number of fused-ring (bicyclic) bond motifs is 1. The number of aromatic nitrogens is 1. The summed E-state index contributed by atoms with van der Waals surface area (Å²) in [4.78, 5) is 0. The number of hydrogen-bond donors (Lipinski definition) is 0. The van der Waals surface area contributed by atoms with Crippen molar-refractivity contribution >= 4 is 22.4 Å². The summed E-state index contributed by atoms with van der Waals surface area (Å²) in [5.74, 6) is 0. The van der Waals surface area contributed by atoms with Crippen molar-refractivity contribution in [1.29, 1.82) is 0 Å². The van der Waals surface area contributed by atoms with Gasteiger partial charge in [-0.3, -0.25) is 0 Å². The highest BCUT2D eigenvalue weighted by molar-refractivity contribution is 6.35. The van der Waals surface area contributed by atoms with E-state index in [1.807, 2.05) is 24.3 Å². The molecule has 3 heteroatoms. The summed E-state index contributed by atoms with van der Waals surface area (Å²) in [6, 6.07) is 16.1. The second-order valence-electron chi connectivity index (χ2n) is 5.18. The van der Waals surface area contributed by atoms with Crippen LogP contribution in [0.2, 0.25) is 5.02 Å². The van der Waals surface area contributed by atoms with Gasteiger partial charge in [-0.2, -0.15) is 4.73 Å². The van der Waals surface area contributed by atoms with E-state index < -0.39 is 0 Å². The van der Waals surface area contributed by atoms with E-state index in [-0.39, 0.29) is 0 Å². The summed E-state index contributed by atoms with van der Waals surface area (Å²) < 4.78 is 0.854. The van der Waals surface area contributed by atoms with E-state index in [0.717, 1.165) is 40.0 Å². The Hall–Kier alpha value is -2.06. The van der Waals surface area contributed by atoms with Crippen LogP contribution in [-0.2, 0) is 12.8 Å². The lowest BCUT2D eigenvalue weighted by atomic mass is 9.99. The summed E-state index contributed by atoms with van der Waals surface area (Å²) in [5.41, 5.74) is 2.38. The summed E-state index contributed by atoms with van der Waals surface area (Å²) in [6.45, 7) is 0. The van der Waals surface area contributed by atoms with Crippen LogP contribution in [0.4, 0.5) is 0 Å². The third-order valence-electron chi connectivity index (χ3n) is 3.71. The monoisotopic (exact) mass is 297 g/mol. The van der Waals surface area contributed by atoms with Crippen molar-refractivity contribution in [2.75, 3.05) is 0 Å². The smallest absolute Gasteiger partial charge is 0.183 e. The van der Waals surface area contributed by atoms with Gasteiger partial charge in [0.05, 0.1) is 0 Å². The number of aryl methyl sites for hydroxylation is 2. The van der Waals surface area contributed by atoms with Crippen molar-refractivity contribution in [3.8, 4) is 0 Å². The molecule has 0 unspecified atom stereocenters. The lowest BCUT2D eigenvalue weighted by Crippen LogP contribution is -2.24. The average Bonchev–Trinajstić information content (AvgIpc) is 2.50. The number of rotatable bonds is 4. The van der Waals surface area contributed by atoms with Gasteiger partial charge in [-0.25, -0.2) is 0 Å². The molecule has 0 bridgehead atoms. The van der Waals surface area contributed by atoms with Crippen molar-refractivity contribution < 1.29 is 4.73 Å². The van der Waals surface area contributed by atoms with Gasteiger partial charge in [0.25, 0.3) is 0 Å². The predicted molar refractivity (Wildman–Crippen MR) is 86.4 cm³/mol. The molecule has 0 aliphatic heterocycles. The zero-order valence-electron chi connectivity index (χ0n) is 11.6. The predicted octanol–water partition coefficient (Wildman–Crippen LogP) is 4.30. The van der Waals surface area contributed by atoms with E-state index in [4.69, 9.17) is 11.6 Å². The van der Waals surface area contributed by atoms with Crippen LogP contribution in [0.25, 0.3) is 10.8 Å². The quantitative estimate of drug-likeness (QED) is 0.521. The van der Waals surface area contributed by atoms with Crippen molar-refractivity contribution in [1.82, 2.24) is 0 Å². The van der Waals surface area contributed by atoms with E-state index in [1.165, 1.54) is 17.1 Å². The molecule has 0 amide bonds. The first-order valence-electron chi connectivity index (χ1n) is 7.08. The molecule has 3 aromatic rings. The fourth-order valence-corrected chi connectivity index (χ4v) is 2.90. The molecule has 0 saturated heterocycles. The minimum Gasteiger partial charge on any atom is -0.619 e. The van der Waals surface area contributed by atoms with Gasteiger partial charge in [-0.1, -0.05) is 41.9 Å². The van der Waals surface area contributed by atoms with Gasteiger partial charge in [-0.15, -0.1) is 0 Å². The fourth-order valence-electron chi connectivity index (χ4n) is 2.67. The van der Waals surface area contributed by atoms with Gasteiger partial charge in [0.2, 0.25) is 0 Å². The molecule has 0 fully saturated rings. The Balaban J connectivity index is 1.75. The molecule has 0 radical (unpaired) electrons. The second kappa shape index (κ2) is 6.15. The van der Waals surface area contributed by atoms with Crippen molar-refractivity contribution in [2.45, 2.75) is 19.3 Å². The van der Waals surface area contributed by atoms with Crippen LogP contribution >= 0.6 is 11.6 Å². The Bertz CT molecular complexity index is 770. The molecular weight excluding hydrogens is 282 g/mol. The summed E-state index contributed by atoms with van der Waals surface area (Å²) in [6.07, 6.45) is 6.04. The van der Waals surface area contributed by atoms with Crippen LogP contribution in [0, 0.1) is 5.21 Å². The van der Waals surface area contributed by atoms with Crippen LogP contribution in [-0.4, -0.2) is 0 Å². The number of pyridine rings is 1. The first-order valence-corrected chi connectivity index (χ1v) is 7.46. The second-order valence-corrected chi connectivity index (χ2v) is 5.58. The van der Waals surface area contributed by atoms with E-state index in [0.29, 0.717) is 0 Å². The van der Waals surface area contributed by atoms with Crippen LogP contribution in [0.1, 0.15) is 17.5 Å². The highest BCUT2D eigenvalue weighted by atomic mass is 35.5. The van der Waals surface area contributed by atoms with Crippen molar-refractivity contribution in [3.63, 3.8) is 0 Å². The SMILES string of the molecule is [O-][n+]1cccc(CCCc2ccc(Cl)c3ccccc23)c1. The molecule has 0 N–H and O–H groups in total. The summed E-state index contributed by atoms with van der Waals surface area (Å²) >= 11 is 6.24. The van der Waals surface area contributed by atoms with Crippen molar-refractivity contribution in [2.24, 2.45) is 0 Å². The van der Waals surface area contributed by atoms with Gasteiger partial charge >= 0.3 is 0 Å². The van der Waals surface area contributed by atoms with Crippen molar-refractivity contribution in [3.05, 3.63) is 82.3 Å². The number of benzene rings is 2. The molecule has 0 atom stereocenters. The maximum absolute atomic E-state index is 11.2. The summed E-state index contributed by atoms with van der Waals surface area (Å²) in [7, 11) is 0. The lowest BCUT2D eigenvalue weighted by molar-refractivity contribution is -0.605. The van der Waals surface area contributed by atoms with Crippen LogP contribution < -0.4 is 4.73 Å². The summed E-state index contributed by atoms with van der Waals surface area (Å²) in [5, 5.41) is 14.4. The Morgan fingerprint density at radius 2 is 1.71 bits per heavy atom. The molecule has 106 valence electrons. The maximum Gasteiger partial charge on any atom is 0.183 e. The highest BCUT2D eigenvalue weighted by Gasteiger charge is 2.05. The number of hydrogen-bond acceptors (Lipinski definition) is 1. The standard InChI is InChI=1S/C18H16ClNO/c19-18-11-10-15(16-8-1-2-9-17(16)18)7-3-5-14-6-4-12-20(21)13-14/h1-2,4,6,8-13H,3,5,7H2. The van der Waals surface area contributed by atoms with E-state index in [9.17, 15) is 5.21 Å². The minimum atomic E-state index is 0.796. The van der Waals surface area contributed by atoms with E-state index >= 15 is 0 Å². The largest absolute Gasteiger partial charge is 0.619 e. The zero-order valence-corrected chi connectivity index (χ0v) is 12.4. The van der Waals surface area contributed by atoms with Gasteiger partial charge in [0.1, 0.15) is 0 Å². The minimum absolute atomic E-state index is 0.796.